The second-order valence-electron chi connectivity index (χ2n) is 8.23. The molecule has 0 fully saturated rings. The molecule has 0 aliphatic heterocycles. The van der Waals surface area contributed by atoms with Crippen LogP contribution in [-0.2, 0) is 4.79 Å². The molecule has 0 bridgehead atoms. The molecule has 4 nitrogen and oxygen atoms in total. The molecule has 0 aliphatic carbocycles. The summed E-state index contributed by atoms with van der Waals surface area (Å²) < 4.78 is 0. The number of hydrogen-bond acceptors (Lipinski definition) is 3. The fourth-order valence-corrected chi connectivity index (χ4v) is 3.56. The molecule has 0 saturated heterocycles. The molecule has 0 aliphatic rings. The quantitative estimate of drug-likeness (QED) is 0.187. The van der Waals surface area contributed by atoms with E-state index in [-0.39, 0.29) is 18.3 Å². The fraction of sp³-hybridized carbons (Fsp3) is 0.654. The molecule has 1 atom stereocenters. The zero-order valence-electron chi connectivity index (χ0n) is 19.0. The van der Waals surface area contributed by atoms with Crippen LogP contribution in [0.3, 0.4) is 0 Å². The van der Waals surface area contributed by atoms with Crippen molar-refractivity contribution < 1.29 is 15.0 Å². The van der Waals surface area contributed by atoms with E-state index >= 15 is 0 Å². The van der Waals surface area contributed by atoms with Crippen LogP contribution in [0, 0.1) is 0 Å². The van der Waals surface area contributed by atoms with Gasteiger partial charge in [0.05, 0.1) is 12.6 Å². The first kappa shape index (κ1) is 26.2. The second kappa shape index (κ2) is 18.0. The number of aliphatic hydroxyl groups excluding tert-OH is 1. The van der Waals surface area contributed by atoms with Crippen LogP contribution in [0.4, 0.5) is 0 Å². The number of hydrogen-bond donors (Lipinski definition) is 3. The summed E-state index contributed by atoms with van der Waals surface area (Å²) in [5, 5.41) is 21.7. The number of carbonyl (C=O) groups is 1. The normalized spacial score (nSPS) is 12.3. The molecule has 1 amide bonds. The van der Waals surface area contributed by atoms with Gasteiger partial charge < -0.3 is 15.5 Å². The number of allylic oxidation sites excluding steroid dienone is 2. The standard InChI is InChI=1S/C26H43NO3/c1-2-3-4-5-6-7-8-9-10-11-12-13-14-15-16-17-26(30)27-25(22-28)23-18-20-24(29)21-19-23/h9-10,18-21,25,28-29H,2-8,11-17,22H2,1H3,(H,27,30). The third-order valence-electron chi connectivity index (χ3n) is 5.48. The molecule has 4 heteroatoms. The van der Waals surface area contributed by atoms with E-state index in [9.17, 15) is 15.0 Å². The Labute approximate surface area is 183 Å². The average molecular weight is 418 g/mol. The summed E-state index contributed by atoms with van der Waals surface area (Å²) >= 11 is 0. The number of aromatic hydroxyl groups is 1. The maximum absolute atomic E-state index is 12.1. The van der Waals surface area contributed by atoms with Crippen molar-refractivity contribution in [1.82, 2.24) is 5.32 Å². The van der Waals surface area contributed by atoms with Gasteiger partial charge in [0.25, 0.3) is 0 Å². The Bertz CT molecular complexity index is 568. The van der Waals surface area contributed by atoms with Crippen molar-refractivity contribution in [3.05, 3.63) is 42.0 Å². The Kier molecular flexibility index (Phi) is 15.7. The van der Waals surface area contributed by atoms with Gasteiger partial charge in [-0.2, -0.15) is 0 Å². The van der Waals surface area contributed by atoms with E-state index in [0.717, 1.165) is 18.4 Å². The number of rotatable bonds is 18. The molecule has 1 aromatic carbocycles. The van der Waals surface area contributed by atoms with Crippen LogP contribution in [0.1, 0.15) is 108 Å². The molecule has 0 radical (unpaired) electrons. The number of benzene rings is 1. The summed E-state index contributed by atoms with van der Waals surface area (Å²) in [5.74, 6) is 0.148. The monoisotopic (exact) mass is 417 g/mol. The lowest BCUT2D eigenvalue weighted by atomic mass is 10.1. The first-order valence-corrected chi connectivity index (χ1v) is 12.0. The smallest absolute Gasteiger partial charge is 0.220 e. The Balaban J connectivity index is 1.97. The van der Waals surface area contributed by atoms with Crippen molar-refractivity contribution in [2.45, 2.75) is 103 Å². The maximum Gasteiger partial charge on any atom is 0.220 e. The average Bonchev–Trinajstić information content (AvgIpc) is 2.75. The minimum atomic E-state index is -0.416. The van der Waals surface area contributed by atoms with Crippen LogP contribution in [0.2, 0.25) is 0 Å². The van der Waals surface area contributed by atoms with Gasteiger partial charge in [-0.05, 0) is 49.8 Å². The largest absolute Gasteiger partial charge is 0.508 e. The Morgan fingerprint density at radius 2 is 1.40 bits per heavy atom. The second-order valence-corrected chi connectivity index (χ2v) is 8.23. The topological polar surface area (TPSA) is 69.6 Å². The lowest BCUT2D eigenvalue weighted by Crippen LogP contribution is -2.30. The predicted molar refractivity (Wildman–Crippen MR) is 126 cm³/mol. The highest BCUT2D eigenvalue weighted by atomic mass is 16.3. The highest BCUT2D eigenvalue weighted by Crippen LogP contribution is 2.17. The van der Waals surface area contributed by atoms with Gasteiger partial charge in [0, 0.05) is 6.42 Å². The van der Waals surface area contributed by atoms with Crippen LogP contribution >= 0.6 is 0 Å². The van der Waals surface area contributed by atoms with E-state index in [1.54, 1.807) is 24.3 Å². The number of phenols is 1. The maximum atomic E-state index is 12.1. The number of nitrogens with one attached hydrogen (secondary N) is 1. The van der Waals surface area contributed by atoms with Gasteiger partial charge >= 0.3 is 0 Å². The van der Waals surface area contributed by atoms with Gasteiger partial charge in [0.1, 0.15) is 5.75 Å². The van der Waals surface area contributed by atoms with E-state index in [1.807, 2.05) is 0 Å². The van der Waals surface area contributed by atoms with Crippen molar-refractivity contribution in [2.24, 2.45) is 0 Å². The van der Waals surface area contributed by atoms with Crippen molar-refractivity contribution in [1.29, 1.82) is 0 Å². The minimum Gasteiger partial charge on any atom is -0.508 e. The molecular formula is C26H43NO3. The molecule has 0 saturated carbocycles. The highest BCUT2D eigenvalue weighted by molar-refractivity contribution is 5.76. The van der Waals surface area contributed by atoms with E-state index < -0.39 is 6.04 Å². The van der Waals surface area contributed by atoms with Crippen LogP contribution in [0.15, 0.2) is 36.4 Å². The summed E-state index contributed by atoms with van der Waals surface area (Å²) in [7, 11) is 0. The molecule has 0 spiro atoms. The molecule has 0 heterocycles. The third kappa shape index (κ3) is 13.4. The lowest BCUT2D eigenvalue weighted by molar-refractivity contribution is -0.122. The number of carbonyl (C=O) groups excluding carboxylic acids is 1. The van der Waals surface area contributed by atoms with Gasteiger partial charge in [-0.1, -0.05) is 82.6 Å². The molecule has 1 unspecified atom stereocenters. The van der Waals surface area contributed by atoms with E-state index in [0.29, 0.717) is 6.42 Å². The van der Waals surface area contributed by atoms with Gasteiger partial charge in [-0.25, -0.2) is 0 Å². The zero-order valence-corrected chi connectivity index (χ0v) is 19.0. The van der Waals surface area contributed by atoms with Gasteiger partial charge in [0.2, 0.25) is 5.91 Å². The molecule has 30 heavy (non-hydrogen) atoms. The number of unbranched alkanes of at least 4 members (excludes halogenated alkanes) is 11. The molecule has 1 rings (SSSR count). The number of amides is 1. The van der Waals surface area contributed by atoms with Crippen molar-refractivity contribution in [3.8, 4) is 5.75 Å². The van der Waals surface area contributed by atoms with Crippen molar-refractivity contribution >= 4 is 5.91 Å². The number of aliphatic hydroxyl groups is 1. The van der Waals surface area contributed by atoms with Gasteiger partial charge in [-0.15, -0.1) is 0 Å². The molecule has 3 N–H and O–H groups in total. The van der Waals surface area contributed by atoms with E-state index in [1.165, 1.54) is 70.6 Å². The fourth-order valence-electron chi connectivity index (χ4n) is 3.56. The lowest BCUT2D eigenvalue weighted by Gasteiger charge is -2.16. The molecule has 170 valence electrons. The Morgan fingerprint density at radius 1 is 0.867 bits per heavy atom. The summed E-state index contributed by atoms with van der Waals surface area (Å²) in [6.45, 7) is 2.11. The van der Waals surface area contributed by atoms with Gasteiger partial charge in [0.15, 0.2) is 0 Å². The van der Waals surface area contributed by atoms with Gasteiger partial charge in [-0.3, -0.25) is 4.79 Å². The predicted octanol–water partition coefficient (Wildman–Crippen LogP) is 6.58. The third-order valence-corrected chi connectivity index (χ3v) is 5.48. The van der Waals surface area contributed by atoms with E-state index in [2.05, 4.69) is 24.4 Å². The van der Waals surface area contributed by atoms with Crippen LogP contribution in [-0.4, -0.2) is 22.7 Å². The SMILES string of the molecule is CCCCCCCCC=CCCCCCCCC(=O)NC(CO)c1ccc(O)cc1. The zero-order chi connectivity index (χ0) is 21.9. The van der Waals surface area contributed by atoms with Crippen molar-refractivity contribution in [2.75, 3.05) is 6.61 Å². The first-order valence-electron chi connectivity index (χ1n) is 12.0. The summed E-state index contributed by atoms with van der Waals surface area (Å²) in [6.07, 6.45) is 21.3. The summed E-state index contributed by atoms with van der Waals surface area (Å²) in [5.41, 5.74) is 0.799. The minimum absolute atomic E-state index is 0.0280. The highest BCUT2D eigenvalue weighted by Gasteiger charge is 2.13. The molecular weight excluding hydrogens is 374 g/mol. The van der Waals surface area contributed by atoms with Crippen LogP contribution < -0.4 is 5.32 Å². The number of phenolic OH excluding ortho intramolecular Hbond substituents is 1. The van der Waals surface area contributed by atoms with E-state index in [4.69, 9.17) is 0 Å². The first-order chi connectivity index (χ1) is 14.7. The summed E-state index contributed by atoms with van der Waals surface area (Å²) in [6, 6.07) is 6.15. The molecule has 1 aromatic rings. The Morgan fingerprint density at radius 3 is 1.97 bits per heavy atom. The molecule has 0 aromatic heterocycles. The van der Waals surface area contributed by atoms with Crippen LogP contribution in [0.25, 0.3) is 0 Å². The van der Waals surface area contributed by atoms with Crippen molar-refractivity contribution in [3.63, 3.8) is 0 Å². The van der Waals surface area contributed by atoms with Crippen LogP contribution in [0.5, 0.6) is 5.75 Å². The Hall–Kier alpha value is -1.81. The summed E-state index contributed by atoms with van der Waals surface area (Å²) in [4.78, 5) is 12.1.